The molecule has 2 heterocycles. The lowest BCUT2D eigenvalue weighted by atomic mass is 9.99. The van der Waals surface area contributed by atoms with Crippen LogP contribution >= 0.6 is 11.3 Å². The first kappa shape index (κ1) is 22.7. The fourth-order valence-electron chi connectivity index (χ4n) is 3.82. The van der Waals surface area contributed by atoms with Gasteiger partial charge in [-0.25, -0.2) is 4.39 Å². The maximum Gasteiger partial charge on any atom is 0.300 e. The number of ketones is 1. The topological polar surface area (TPSA) is 66.8 Å². The Bertz CT molecular complexity index is 1150. The summed E-state index contributed by atoms with van der Waals surface area (Å²) in [5.41, 5.74) is 0.796. The van der Waals surface area contributed by atoms with Crippen molar-refractivity contribution in [3.05, 3.63) is 87.9 Å². The summed E-state index contributed by atoms with van der Waals surface area (Å²) < 4.78 is 19.2. The van der Waals surface area contributed by atoms with E-state index in [0.29, 0.717) is 23.6 Å². The molecule has 0 saturated carbocycles. The van der Waals surface area contributed by atoms with E-state index >= 15 is 0 Å². The van der Waals surface area contributed by atoms with Gasteiger partial charge in [0.05, 0.1) is 12.2 Å². The fourth-order valence-corrected chi connectivity index (χ4v) is 4.65. The Kier molecular flexibility index (Phi) is 6.89. The molecular formula is C26H24FNO4S. The summed E-state index contributed by atoms with van der Waals surface area (Å²) in [7, 11) is 0. The molecular weight excluding hydrogens is 441 g/mol. The minimum Gasteiger partial charge on any atom is -0.507 e. The number of anilines is 1. The van der Waals surface area contributed by atoms with E-state index in [0.717, 1.165) is 24.1 Å². The van der Waals surface area contributed by atoms with Crippen LogP contribution in [0.3, 0.4) is 0 Å². The molecule has 7 heteroatoms. The molecule has 1 unspecified atom stereocenters. The highest BCUT2D eigenvalue weighted by atomic mass is 32.1. The number of carbonyl (C=O) groups excluding carboxylic acids is 2. The van der Waals surface area contributed by atoms with E-state index < -0.39 is 23.5 Å². The van der Waals surface area contributed by atoms with Crippen LogP contribution in [0.2, 0.25) is 0 Å². The highest BCUT2D eigenvalue weighted by molar-refractivity contribution is 7.10. The first-order chi connectivity index (χ1) is 16.0. The molecule has 1 N–H and O–H groups in total. The molecule has 0 radical (unpaired) electrons. The molecule has 5 nitrogen and oxygen atoms in total. The number of aliphatic hydroxyl groups excluding tert-OH is 1. The molecule has 33 heavy (non-hydrogen) atoms. The van der Waals surface area contributed by atoms with Gasteiger partial charge in [0.1, 0.15) is 23.4 Å². The first-order valence-electron chi connectivity index (χ1n) is 10.8. The largest absolute Gasteiger partial charge is 0.507 e. The van der Waals surface area contributed by atoms with Gasteiger partial charge in [-0.05, 0) is 66.4 Å². The van der Waals surface area contributed by atoms with Crippen LogP contribution in [0.25, 0.3) is 5.76 Å². The molecule has 1 aromatic heterocycles. The van der Waals surface area contributed by atoms with Gasteiger partial charge in [-0.1, -0.05) is 25.8 Å². The molecule has 1 amide bonds. The third-order valence-corrected chi connectivity index (χ3v) is 6.43. The Labute approximate surface area is 195 Å². The quantitative estimate of drug-likeness (QED) is 0.189. The van der Waals surface area contributed by atoms with Crippen molar-refractivity contribution in [2.75, 3.05) is 11.5 Å². The lowest BCUT2D eigenvalue weighted by molar-refractivity contribution is -0.132. The number of unbranched alkanes of at least 4 members (excludes halogenated alkanes) is 2. The zero-order chi connectivity index (χ0) is 23.4. The van der Waals surface area contributed by atoms with Gasteiger partial charge < -0.3 is 9.84 Å². The normalized spacial score (nSPS) is 17.5. The van der Waals surface area contributed by atoms with Crippen molar-refractivity contribution in [1.82, 2.24) is 0 Å². The van der Waals surface area contributed by atoms with E-state index in [1.807, 2.05) is 11.4 Å². The van der Waals surface area contributed by atoms with Crippen LogP contribution in [-0.2, 0) is 9.59 Å². The summed E-state index contributed by atoms with van der Waals surface area (Å²) in [6.45, 7) is 2.74. The number of halogens is 1. The van der Waals surface area contributed by atoms with Gasteiger partial charge in [0.2, 0.25) is 0 Å². The second-order valence-corrected chi connectivity index (χ2v) is 8.72. The van der Waals surface area contributed by atoms with Crippen LogP contribution in [0, 0.1) is 5.82 Å². The lowest BCUT2D eigenvalue weighted by Crippen LogP contribution is -2.29. The number of Topliss-reactive ketones (excluding diaryl/α,β-unsaturated/α-hetero) is 1. The number of hydrogen-bond acceptors (Lipinski definition) is 5. The Morgan fingerprint density at radius 2 is 1.79 bits per heavy atom. The number of nitrogens with zero attached hydrogens (tertiary/aromatic N) is 1. The Morgan fingerprint density at radius 3 is 2.42 bits per heavy atom. The predicted molar refractivity (Wildman–Crippen MR) is 127 cm³/mol. The molecule has 3 aromatic rings. The Balaban J connectivity index is 1.70. The van der Waals surface area contributed by atoms with Crippen molar-refractivity contribution in [3.63, 3.8) is 0 Å². The van der Waals surface area contributed by atoms with Crippen LogP contribution in [-0.4, -0.2) is 23.4 Å². The second kappa shape index (κ2) is 10.0. The van der Waals surface area contributed by atoms with Crippen molar-refractivity contribution in [1.29, 1.82) is 0 Å². The van der Waals surface area contributed by atoms with Crippen molar-refractivity contribution in [2.24, 2.45) is 0 Å². The summed E-state index contributed by atoms with van der Waals surface area (Å²) in [5.74, 6) is -1.58. The predicted octanol–water partition coefficient (Wildman–Crippen LogP) is 6.08. The number of hydrogen-bond donors (Lipinski definition) is 1. The van der Waals surface area contributed by atoms with Gasteiger partial charge in [-0.3, -0.25) is 14.5 Å². The molecule has 1 saturated heterocycles. The first-order valence-corrected chi connectivity index (χ1v) is 11.7. The number of rotatable bonds is 8. The van der Waals surface area contributed by atoms with Crippen molar-refractivity contribution >= 4 is 34.5 Å². The van der Waals surface area contributed by atoms with E-state index in [2.05, 4.69) is 6.92 Å². The Hall–Kier alpha value is -3.45. The summed E-state index contributed by atoms with van der Waals surface area (Å²) in [4.78, 5) is 28.1. The lowest BCUT2D eigenvalue weighted by Gasteiger charge is -2.24. The Morgan fingerprint density at radius 1 is 1.06 bits per heavy atom. The van der Waals surface area contributed by atoms with Gasteiger partial charge in [0.25, 0.3) is 11.7 Å². The summed E-state index contributed by atoms with van der Waals surface area (Å²) in [6.07, 6.45) is 3.17. The van der Waals surface area contributed by atoms with Crippen molar-refractivity contribution in [2.45, 2.75) is 32.2 Å². The number of amides is 1. The SMILES string of the molecule is CCCCCOc1ccc(/C(O)=C2/C(=O)C(=O)N(c3ccc(F)cc3)C2c2cccs2)cc1. The highest BCUT2D eigenvalue weighted by Gasteiger charge is 2.47. The number of aliphatic hydroxyl groups is 1. The van der Waals surface area contributed by atoms with Crippen LogP contribution in [0.4, 0.5) is 10.1 Å². The van der Waals surface area contributed by atoms with Gasteiger partial charge >= 0.3 is 0 Å². The standard InChI is InChI=1S/C26H24FNO4S/c1-2-3-4-15-32-20-13-7-17(8-14-20)24(29)22-23(21-6-5-16-33-21)28(26(31)25(22)30)19-11-9-18(27)10-12-19/h5-14,16,23,29H,2-4,15H2,1H3/b24-22-. The molecule has 1 atom stereocenters. The number of benzene rings is 2. The third-order valence-electron chi connectivity index (χ3n) is 5.51. The zero-order valence-electron chi connectivity index (χ0n) is 18.2. The van der Waals surface area contributed by atoms with Crippen LogP contribution in [0.1, 0.15) is 42.7 Å². The molecule has 0 bridgehead atoms. The molecule has 1 aliphatic heterocycles. The van der Waals surface area contributed by atoms with Crippen molar-refractivity contribution < 1.29 is 23.8 Å². The summed E-state index contributed by atoms with van der Waals surface area (Å²) in [5, 5.41) is 12.9. The second-order valence-electron chi connectivity index (χ2n) is 7.74. The van der Waals surface area contributed by atoms with Crippen LogP contribution in [0.15, 0.2) is 71.6 Å². The van der Waals surface area contributed by atoms with Crippen molar-refractivity contribution in [3.8, 4) is 5.75 Å². The highest BCUT2D eigenvalue weighted by Crippen LogP contribution is 2.43. The molecule has 2 aromatic carbocycles. The third kappa shape index (κ3) is 4.68. The van der Waals surface area contributed by atoms with E-state index in [9.17, 15) is 19.1 Å². The molecule has 170 valence electrons. The molecule has 1 fully saturated rings. The van der Waals surface area contributed by atoms with Crippen LogP contribution < -0.4 is 9.64 Å². The maximum absolute atomic E-state index is 13.5. The van der Waals surface area contributed by atoms with E-state index in [1.165, 1.54) is 40.5 Å². The number of ether oxygens (including phenoxy) is 1. The van der Waals surface area contributed by atoms with Gasteiger partial charge in [0.15, 0.2) is 0 Å². The summed E-state index contributed by atoms with van der Waals surface area (Å²) in [6, 6.07) is 15.0. The number of thiophene rings is 1. The minimum absolute atomic E-state index is 0.00314. The maximum atomic E-state index is 13.5. The molecule has 0 spiro atoms. The van der Waals surface area contributed by atoms with Gasteiger partial charge in [-0.2, -0.15) is 0 Å². The van der Waals surface area contributed by atoms with E-state index in [1.54, 1.807) is 30.3 Å². The van der Waals surface area contributed by atoms with E-state index in [-0.39, 0.29) is 11.3 Å². The average molecular weight is 466 g/mol. The average Bonchev–Trinajstić information content (AvgIpc) is 3.44. The van der Waals surface area contributed by atoms with Gasteiger partial charge in [-0.15, -0.1) is 11.3 Å². The molecule has 1 aliphatic rings. The zero-order valence-corrected chi connectivity index (χ0v) is 19.0. The van der Waals surface area contributed by atoms with E-state index in [4.69, 9.17) is 4.74 Å². The monoisotopic (exact) mass is 465 g/mol. The summed E-state index contributed by atoms with van der Waals surface area (Å²) >= 11 is 1.37. The van der Waals surface area contributed by atoms with Crippen LogP contribution in [0.5, 0.6) is 5.75 Å². The minimum atomic E-state index is -0.805. The van der Waals surface area contributed by atoms with Gasteiger partial charge in [0, 0.05) is 16.1 Å². The fraction of sp³-hybridized carbons (Fsp3) is 0.231. The molecule has 0 aliphatic carbocycles. The number of carbonyl (C=O) groups is 2. The smallest absolute Gasteiger partial charge is 0.300 e. The molecule has 4 rings (SSSR count).